The topological polar surface area (TPSA) is 43.8 Å². The molecule has 2 unspecified atom stereocenters. The lowest BCUT2D eigenvalue weighted by Crippen LogP contribution is -2.41. The second-order valence-corrected chi connectivity index (χ2v) is 5.50. The van der Waals surface area contributed by atoms with Crippen LogP contribution in [0.4, 0.5) is 0 Å². The Morgan fingerprint density at radius 1 is 1.44 bits per heavy atom. The van der Waals surface area contributed by atoms with Crippen molar-refractivity contribution in [2.24, 2.45) is 5.92 Å². The SMILES string of the molecule is CN(C)CC1CC(O)CN1C(=O)CC1CC1. The van der Waals surface area contributed by atoms with Crippen molar-refractivity contribution in [3.05, 3.63) is 0 Å². The first-order valence-corrected chi connectivity index (χ1v) is 6.18. The number of amides is 1. The Bertz CT molecular complexity index is 264. The van der Waals surface area contributed by atoms with Gasteiger partial charge < -0.3 is 14.9 Å². The molecule has 1 N–H and O–H groups in total. The lowest BCUT2D eigenvalue weighted by atomic mass is 10.2. The fraction of sp³-hybridized carbons (Fsp3) is 0.917. The highest BCUT2D eigenvalue weighted by molar-refractivity contribution is 5.77. The van der Waals surface area contributed by atoms with Gasteiger partial charge in [0.1, 0.15) is 0 Å². The molecular weight excluding hydrogens is 204 g/mol. The number of aliphatic hydroxyl groups is 1. The molecule has 2 atom stereocenters. The van der Waals surface area contributed by atoms with Crippen molar-refractivity contribution in [2.45, 2.75) is 37.8 Å². The number of rotatable bonds is 4. The maximum atomic E-state index is 12.0. The minimum absolute atomic E-state index is 0.205. The Kier molecular flexibility index (Phi) is 3.50. The predicted octanol–water partition coefficient (Wildman–Crippen LogP) is 0.310. The molecule has 4 nitrogen and oxygen atoms in total. The maximum Gasteiger partial charge on any atom is 0.223 e. The summed E-state index contributed by atoms with van der Waals surface area (Å²) in [4.78, 5) is 16.0. The number of aliphatic hydroxyl groups excluding tert-OH is 1. The van der Waals surface area contributed by atoms with E-state index in [1.54, 1.807) is 0 Å². The van der Waals surface area contributed by atoms with Crippen molar-refractivity contribution in [3.8, 4) is 0 Å². The zero-order valence-electron chi connectivity index (χ0n) is 10.2. The lowest BCUT2D eigenvalue weighted by molar-refractivity contribution is -0.132. The molecule has 0 radical (unpaired) electrons. The molecule has 1 saturated carbocycles. The minimum Gasteiger partial charge on any atom is -0.391 e. The lowest BCUT2D eigenvalue weighted by Gasteiger charge is -2.26. The van der Waals surface area contributed by atoms with Gasteiger partial charge in [-0.25, -0.2) is 0 Å². The number of carbonyl (C=O) groups is 1. The molecule has 0 bridgehead atoms. The maximum absolute atomic E-state index is 12.0. The van der Waals surface area contributed by atoms with Crippen LogP contribution in [-0.4, -0.2) is 60.1 Å². The van der Waals surface area contributed by atoms with Crippen LogP contribution in [0.3, 0.4) is 0 Å². The van der Waals surface area contributed by atoms with Gasteiger partial charge in [0.2, 0.25) is 5.91 Å². The molecule has 4 heteroatoms. The van der Waals surface area contributed by atoms with Crippen molar-refractivity contribution in [1.29, 1.82) is 0 Å². The number of nitrogens with zero attached hydrogens (tertiary/aromatic N) is 2. The van der Waals surface area contributed by atoms with Crippen LogP contribution < -0.4 is 0 Å². The van der Waals surface area contributed by atoms with Crippen molar-refractivity contribution in [1.82, 2.24) is 9.80 Å². The molecular formula is C12H22N2O2. The number of likely N-dealkylation sites (N-methyl/N-ethyl adjacent to an activating group) is 1. The van der Waals surface area contributed by atoms with Crippen LogP contribution in [0, 0.1) is 5.92 Å². The smallest absolute Gasteiger partial charge is 0.223 e. The molecule has 92 valence electrons. The summed E-state index contributed by atoms with van der Waals surface area (Å²) in [7, 11) is 4.02. The summed E-state index contributed by atoms with van der Waals surface area (Å²) in [5.41, 5.74) is 0. The number of β-amino-alcohol motifs (C(OH)–C–C–N with tert-alkyl or cyclic N) is 1. The third-order valence-corrected chi connectivity index (χ3v) is 3.45. The standard InChI is InChI=1S/C12H22N2O2/c1-13(2)7-10-6-11(15)8-14(10)12(16)5-9-3-4-9/h9-11,15H,3-8H2,1-2H3. The first-order chi connectivity index (χ1) is 7.56. The van der Waals surface area contributed by atoms with E-state index in [9.17, 15) is 9.90 Å². The van der Waals surface area contributed by atoms with E-state index in [2.05, 4.69) is 4.90 Å². The Balaban J connectivity index is 1.91. The average Bonchev–Trinajstić information content (AvgIpc) is 2.89. The van der Waals surface area contributed by atoms with E-state index in [1.165, 1.54) is 12.8 Å². The minimum atomic E-state index is -0.326. The monoisotopic (exact) mass is 226 g/mol. The molecule has 1 amide bonds. The Labute approximate surface area is 97.2 Å². The largest absolute Gasteiger partial charge is 0.391 e. The van der Waals surface area contributed by atoms with Crippen molar-refractivity contribution < 1.29 is 9.90 Å². The van der Waals surface area contributed by atoms with Gasteiger partial charge in [0.15, 0.2) is 0 Å². The first kappa shape index (κ1) is 11.9. The van der Waals surface area contributed by atoms with Crippen LogP contribution in [-0.2, 0) is 4.79 Å². The van der Waals surface area contributed by atoms with Gasteiger partial charge in [0, 0.05) is 25.6 Å². The van der Waals surface area contributed by atoms with Gasteiger partial charge in [0.05, 0.1) is 6.10 Å². The normalized spacial score (nSPS) is 30.1. The fourth-order valence-corrected chi connectivity index (χ4v) is 2.48. The van der Waals surface area contributed by atoms with Gasteiger partial charge in [-0.2, -0.15) is 0 Å². The Morgan fingerprint density at radius 2 is 2.12 bits per heavy atom. The van der Waals surface area contributed by atoms with Crippen molar-refractivity contribution in [3.63, 3.8) is 0 Å². The zero-order valence-corrected chi connectivity index (χ0v) is 10.2. The summed E-state index contributed by atoms with van der Waals surface area (Å²) in [5, 5.41) is 9.67. The summed E-state index contributed by atoms with van der Waals surface area (Å²) < 4.78 is 0. The molecule has 0 spiro atoms. The molecule has 0 aromatic heterocycles. The molecule has 16 heavy (non-hydrogen) atoms. The third-order valence-electron chi connectivity index (χ3n) is 3.45. The van der Waals surface area contributed by atoms with Gasteiger partial charge in [-0.1, -0.05) is 0 Å². The summed E-state index contributed by atoms with van der Waals surface area (Å²) in [6.45, 7) is 1.39. The molecule has 2 rings (SSSR count). The quantitative estimate of drug-likeness (QED) is 0.750. The number of hydrogen-bond donors (Lipinski definition) is 1. The van der Waals surface area contributed by atoms with E-state index in [4.69, 9.17) is 0 Å². The van der Waals surface area contributed by atoms with Crippen molar-refractivity contribution >= 4 is 5.91 Å². The van der Waals surface area contributed by atoms with E-state index in [-0.39, 0.29) is 18.1 Å². The molecule has 1 saturated heterocycles. The molecule has 1 heterocycles. The van der Waals surface area contributed by atoms with E-state index in [0.717, 1.165) is 13.0 Å². The highest BCUT2D eigenvalue weighted by Gasteiger charge is 2.36. The summed E-state index contributed by atoms with van der Waals surface area (Å²) in [5.74, 6) is 0.871. The second kappa shape index (κ2) is 4.72. The van der Waals surface area contributed by atoms with Crippen LogP contribution in [0.5, 0.6) is 0 Å². The predicted molar refractivity (Wildman–Crippen MR) is 62.0 cm³/mol. The zero-order chi connectivity index (χ0) is 11.7. The van der Waals surface area contributed by atoms with Gasteiger partial charge >= 0.3 is 0 Å². The highest BCUT2D eigenvalue weighted by atomic mass is 16.3. The Morgan fingerprint density at radius 3 is 2.69 bits per heavy atom. The van der Waals surface area contributed by atoms with Crippen LogP contribution in [0.2, 0.25) is 0 Å². The fourth-order valence-electron chi connectivity index (χ4n) is 2.48. The van der Waals surface area contributed by atoms with Gasteiger partial charge in [-0.05, 0) is 39.3 Å². The van der Waals surface area contributed by atoms with E-state index in [0.29, 0.717) is 18.9 Å². The van der Waals surface area contributed by atoms with Crippen LogP contribution in [0.15, 0.2) is 0 Å². The Hall–Kier alpha value is -0.610. The van der Waals surface area contributed by atoms with Crippen LogP contribution in [0.1, 0.15) is 25.7 Å². The molecule has 2 fully saturated rings. The van der Waals surface area contributed by atoms with E-state index in [1.807, 2.05) is 19.0 Å². The second-order valence-electron chi connectivity index (χ2n) is 5.50. The first-order valence-electron chi connectivity index (χ1n) is 6.18. The van der Waals surface area contributed by atoms with Crippen LogP contribution in [0.25, 0.3) is 0 Å². The molecule has 1 aliphatic carbocycles. The van der Waals surface area contributed by atoms with Gasteiger partial charge in [-0.15, -0.1) is 0 Å². The van der Waals surface area contributed by atoms with Gasteiger partial charge in [-0.3, -0.25) is 4.79 Å². The number of likely N-dealkylation sites (tertiary alicyclic amines) is 1. The summed E-state index contributed by atoms with van der Waals surface area (Å²) >= 11 is 0. The highest BCUT2D eigenvalue weighted by Crippen LogP contribution is 2.34. The molecule has 2 aliphatic rings. The van der Waals surface area contributed by atoms with E-state index >= 15 is 0 Å². The number of carbonyl (C=O) groups excluding carboxylic acids is 1. The molecule has 0 aromatic rings. The summed E-state index contributed by atoms with van der Waals surface area (Å²) in [6, 6.07) is 0.205. The van der Waals surface area contributed by atoms with Crippen LogP contribution >= 0.6 is 0 Å². The van der Waals surface area contributed by atoms with Gasteiger partial charge in [0.25, 0.3) is 0 Å². The van der Waals surface area contributed by atoms with Crippen molar-refractivity contribution in [2.75, 3.05) is 27.2 Å². The van der Waals surface area contributed by atoms with E-state index < -0.39 is 0 Å². The summed E-state index contributed by atoms with van der Waals surface area (Å²) in [6.07, 6.45) is 3.51. The molecule has 1 aliphatic heterocycles. The third kappa shape index (κ3) is 2.95. The molecule has 0 aromatic carbocycles. The average molecular weight is 226 g/mol. The number of hydrogen-bond acceptors (Lipinski definition) is 3.